The van der Waals surface area contributed by atoms with Gasteiger partial charge in [0.25, 0.3) is 0 Å². The standard InChI is InChI=1S/C24H30N4O6/c1-24(2,3)14-33-23(32)28-18(21(30)31)12-15-6-7-20-17(11-15)19(29)13-16(34-20)5-4-8-25-22-26-9-10-27-22/h6-7,9-11,13,18H,4-5,8,12,14H2,1-3H3,(H,28,32)(H,30,31)(H2,25,26,27). The van der Waals surface area contributed by atoms with E-state index in [1.165, 1.54) is 6.07 Å². The highest BCUT2D eigenvalue weighted by molar-refractivity contribution is 5.81. The fourth-order valence-corrected chi connectivity index (χ4v) is 3.24. The van der Waals surface area contributed by atoms with Crippen molar-refractivity contribution < 1.29 is 23.8 Å². The fourth-order valence-electron chi connectivity index (χ4n) is 3.24. The van der Waals surface area contributed by atoms with Gasteiger partial charge in [0, 0.05) is 37.8 Å². The number of fused-ring (bicyclic) bond motifs is 1. The summed E-state index contributed by atoms with van der Waals surface area (Å²) >= 11 is 0. The van der Waals surface area contributed by atoms with Crippen LogP contribution < -0.4 is 16.1 Å². The van der Waals surface area contributed by atoms with Crippen LogP contribution in [0.15, 0.2) is 45.9 Å². The third-order valence-corrected chi connectivity index (χ3v) is 4.90. The van der Waals surface area contributed by atoms with Crippen LogP contribution in [0.4, 0.5) is 10.7 Å². The molecule has 10 nitrogen and oxygen atoms in total. The number of benzene rings is 1. The molecule has 3 rings (SSSR count). The molecule has 2 heterocycles. The van der Waals surface area contributed by atoms with E-state index >= 15 is 0 Å². The van der Waals surface area contributed by atoms with Crippen LogP contribution in [0.25, 0.3) is 11.0 Å². The summed E-state index contributed by atoms with van der Waals surface area (Å²) in [4.78, 5) is 43.3. The molecule has 4 N–H and O–H groups in total. The van der Waals surface area contributed by atoms with E-state index < -0.39 is 18.1 Å². The number of hydrogen-bond acceptors (Lipinski definition) is 7. The summed E-state index contributed by atoms with van der Waals surface area (Å²) in [6.45, 7) is 6.52. The average molecular weight is 471 g/mol. The number of ether oxygens (including phenoxy) is 1. The molecule has 0 fully saturated rings. The first-order valence-corrected chi connectivity index (χ1v) is 11.1. The van der Waals surface area contributed by atoms with E-state index in [0.717, 1.165) is 6.42 Å². The van der Waals surface area contributed by atoms with Gasteiger partial charge >= 0.3 is 12.1 Å². The van der Waals surface area contributed by atoms with Crippen molar-refractivity contribution in [3.63, 3.8) is 0 Å². The first-order chi connectivity index (χ1) is 16.1. The summed E-state index contributed by atoms with van der Waals surface area (Å²) < 4.78 is 11.0. The van der Waals surface area contributed by atoms with Crippen LogP contribution in [-0.2, 0) is 22.4 Å². The van der Waals surface area contributed by atoms with Gasteiger partial charge in [-0.15, -0.1) is 0 Å². The van der Waals surface area contributed by atoms with Crippen LogP contribution in [0.3, 0.4) is 0 Å². The van der Waals surface area contributed by atoms with Crippen molar-refractivity contribution in [1.82, 2.24) is 15.3 Å². The van der Waals surface area contributed by atoms with Crippen molar-refractivity contribution in [3.8, 4) is 0 Å². The Kier molecular flexibility index (Phi) is 7.93. The number of aliphatic carboxylic acids is 1. The maximum absolute atomic E-state index is 12.7. The molecule has 0 saturated heterocycles. The SMILES string of the molecule is CC(C)(C)COC(=O)NC(Cc1ccc2oc(CCCNc3ncc[nH]3)cc(=O)c2c1)C(=O)O. The smallest absolute Gasteiger partial charge is 0.407 e. The summed E-state index contributed by atoms with van der Waals surface area (Å²) in [5.74, 6) is 0.0561. The fraction of sp³-hybridized carbons (Fsp3) is 0.417. The van der Waals surface area contributed by atoms with Crippen molar-refractivity contribution in [3.05, 3.63) is 58.2 Å². The van der Waals surface area contributed by atoms with Crippen molar-refractivity contribution in [2.75, 3.05) is 18.5 Å². The topological polar surface area (TPSA) is 147 Å². The first kappa shape index (κ1) is 24.8. The molecule has 34 heavy (non-hydrogen) atoms. The lowest BCUT2D eigenvalue weighted by atomic mass is 9.99. The Morgan fingerprint density at radius 1 is 1.26 bits per heavy atom. The molecule has 0 aliphatic heterocycles. The van der Waals surface area contributed by atoms with E-state index in [4.69, 9.17) is 9.15 Å². The van der Waals surface area contributed by atoms with Gasteiger partial charge in [0.15, 0.2) is 11.4 Å². The first-order valence-electron chi connectivity index (χ1n) is 11.1. The molecule has 182 valence electrons. The number of aromatic amines is 1. The van der Waals surface area contributed by atoms with E-state index in [9.17, 15) is 19.5 Å². The maximum Gasteiger partial charge on any atom is 0.407 e. The van der Waals surface area contributed by atoms with Crippen molar-refractivity contribution in [2.24, 2.45) is 5.41 Å². The number of aryl methyl sites for hydroxylation is 1. The molecule has 0 saturated carbocycles. The zero-order chi connectivity index (χ0) is 24.7. The Balaban J connectivity index is 1.63. The monoisotopic (exact) mass is 470 g/mol. The zero-order valence-electron chi connectivity index (χ0n) is 19.5. The van der Waals surface area contributed by atoms with Crippen molar-refractivity contribution in [1.29, 1.82) is 0 Å². The largest absolute Gasteiger partial charge is 0.480 e. The Morgan fingerprint density at radius 2 is 2.06 bits per heavy atom. The van der Waals surface area contributed by atoms with E-state index in [-0.39, 0.29) is 23.9 Å². The number of hydrogen-bond donors (Lipinski definition) is 4. The van der Waals surface area contributed by atoms with Gasteiger partial charge in [-0.05, 0) is 29.5 Å². The zero-order valence-corrected chi connectivity index (χ0v) is 19.5. The van der Waals surface area contributed by atoms with Gasteiger partial charge in [0.05, 0.1) is 12.0 Å². The van der Waals surface area contributed by atoms with Gasteiger partial charge in [-0.2, -0.15) is 0 Å². The van der Waals surface area contributed by atoms with Crippen LogP contribution in [0, 0.1) is 5.41 Å². The van der Waals surface area contributed by atoms with Crippen LogP contribution in [0.5, 0.6) is 0 Å². The highest BCUT2D eigenvalue weighted by atomic mass is 16.5. The lowest BCUT2D eigenvalue weighted by Crippen LogP contribution is -2.43. The molecule has 0 aliphatic carbocycles. The van der Waals surface area contributed by atoms with Gasteiger partial charge < -0.3 is 29.9 Å². The van der Waals surface area contributed by atoms with E-state index in [0.29, 0.717) is 41.2 Å². The number of anilines is 1. The number of rotatable bonds is 10. The second-order valence-corrected chi connectivity index (χ2v) is 9.25. The van der Waals surface area contributed by atoms with Crippen LogP contribution >= 0.6 is 0 Å². The molecule has 1 amide bonds. The number of carbonyl (C=O) groups is 2. The highest BCUT2D eigenvalue weighted by Gasteiger charge is 2.23. The van der Waals surface area contributed by atoms with Gasteiger partial charge in [0.2, 0.25) is 0 Å². The maximum atomic E-state index is 12.7. The summed E-state index contributed by atoms with van der Waals surface area (Å²) in [7, 11) is 0. The molecule has 0 spiro atoms. The minimum Gasteiger partial charge on any atom is -0.480 e. The Bertz CT molecular complexity index is 1180. The second-order valence-electron chi connectivity index (χ2n) is 9.25. The number of carbonyl (C=O) groups excluding carboxylic acids is 1. The van der Waals surface area contributed by atoms with E-state index in [1.54, 1.807) is 30.6 Å². The number of imidazole rings is 1. The predicted molar refractivity (Wildman–Crippen MR) is 127 cm³/mol. The molecule has 0 bridgehead atoms. The molecule has 2 aromatic heterocycles. The number of H-pyrrole nitrogens is 1. The molecule has 1 aromatic carbocycles. The van der Waals surface area contributed by atoms with Crippen molar-refractivity contribution in [2.45, 2.75) is 46.1 Å². The predicted octanol–water partition coefficient (Wildman–Crippen LogP) is 3.33. The third-order valence-electron chi connectivity index (χ3n) is 4.90. The molecule has 3 aromatic rings. The van der Waals surface area contributed by atoms with Crippen LogP contribution in [0.1, 0.15) is 38.5 Å². The summed E-state index contributed by atoms with van der Waals surface area (Å²) in [5.41, 5.74) is 0.562. The Hall–Kier alpha value is -3.82. The summed E-state index contributed by atoms with van der Waals surface area (Å²) in [6, 6.07) is 5.19. The number of nitrogens with one attached hydrogen (secondary N) is 3. The van der Waals surface area contributed by atoms with Gasteiger partial charge in [-0.1, -0.05) is 26.8 Å². The van der Waals surface area contributed by atoms with Gasteiger partial charge in [-0.25, -0.2) is 14.6 Å². The number of carboxylic acid groups (broad SMARTS) is 1. The molecular weight excluding hydrogens is 440 g/mol. The Labute approximate surface area is 196 Å². The molecule has 1 unspecified atom stereocenters. The summed E-state index contributed by atoms with van der Waals surface area (Å²) in [6.07, 6.45) is 3.90. The van der Waals surface area contributed by atoms with Crippen LogP contribution in [-0.4, -0.2) is 46.3 Å². The van der Waals surface area contributed by atoms with E-state index in [2.05, 4.69) is 20.6 Å². The number of nitrogens with zero attached hydrogens (tertiary/aromatic N) is 1. The van der Waals surface area contributed by atoms with Crippen LogP contribution in [0.2, 0.25) is 0 Å². The normalized spacial score (nSPS) is 12.3. The minimum atomic E-state index is -1.20. The highest BCUT2D eigenvalue weighted by Crippen LogP contribution is 2.17. The Morgan fingerprint density at radius 3 is 2.74 bits per heavy atom. The van der Waals surface area contributed by atoms with Gasteiger partial charge in [0.1, 0.15) is 17.4 Å². The van der Waals surface area contributed by atoms with Gasteiger partial charge in [-0.3, -0.25) is 4.79 Å². The number of alkyl carbamates (subject to hydrolysis) is 1. The lowest BCUT2D eigenvalue weighted by molar-refractivity contribution is -0.139. The minimum absolute atomic E-state index is 0.00443. The van der Waals surface area contributed by atoms with Crippen molar-refractivity contribution >= 4 is 29.0 Å². The second kappa shape index (κ2) is 10.9. The molecule has 0 radical (unpaired) electrons. The average Bonchev–Trinajstić information content (AvgIpc) is 3.28. The molecule has 10 heteroatoms. The van der Waals surface area contributed by atoms with E-state index in [1.807, 2.05) is 20.8 Å². The number of carboxylic acids is 1. The third kappa shape index (κ3) is 7.36. The molecule has 1 atom stereocenters. The lowest BCUT2D eigenvalue weighted by Gasteiger charge is -2.20. The number of amides is 1. The quantitative estimate of drug-likeness (QED) is 0.330. The summed E-state index contributed by atoms with van der Waals surface area (Å²) in [5, 5.41) is 15.4. The number of aromatic nitrogens is 2. The molecule has 0 aliphatic rings. The molecular formula is C24H30N4O6.